The van der Waals surface area contributed by atoms with E-state index in [4.69, 9.17) is 16.3 Å². The van der Waals surface area contributed by atoms with Gasteiger partial charge in [-0.3, -0.25) is 9.59 Å². The molecule has 0 saturated heterocycles. The molecule has 0 aromatic heterocycles. The van der Waals surface area contributed by atoms with Gasteiger partial charge < -0.3 is 10.1 Å². The molecule has 3 aromatic rings. The Morgan fingerprint density at radius 2 is 1.53 bits per heavy atom. The first-order chi connectivity index (χ1) is 14.2. The number of rotatable bonds is 6. The second-order valence-electron chi connectivity index (χ2n) is 6.24. The van der Waals surface area contributed by atoms with Crippen LogP contribution in [0.5, 0.6) is 5.75 Å². The number of amides is 1. The standard InChI is InChI=1S/C22H15ClF3NO3/c23-16-8-11-19(18(12-16)22(24,25)26)27-20(28)13-30-17-9-6-15(7-10-17)21(29)14-4-2-1-3-5-14/h1-12H,13H2,(H,27,28). The van der Waals surface area contributed by atoms with Crippen molar-refractivity contribution in [2.75, 3.05) is 11.9 Å². The maximum Gasteiger partial charge on any atom is 0.418 e. The Balaban J connectivity index is 1.61. The zero-order chi connectivity index (χ0) is 21.7. The minimum Gasteiger partial charge on any atom is -0.484 e. The van der Waals surface area contributed by atoms with E-state index in [0.717, 1.165) is 12.1 Å². The summed E-state index contributed by atoms with van der Waals surface area (Å²) < 4.78 is 44.6. The van der Waals surface area contributed by atoms with Crippen molar-refractivity contribution in [3.05, 3.63) is 94.5 Å². The molecule has 0 heterocycles. The number of anilines is 1. The van der Waals surface area contributed by atoms with Crippen LogP contribution >= 0.6 is 11.6 Å². The summed E-state index contributed by atoms with van der Waals surface area (Å²) in [6.45, 7) is -0.508. The zero-order valence-corrected chi connectivity index (χ0v) is 16.1. The smallest absolute Gasteiger partial charge is 0.418 e. The van der Waals surface area contributed by atoms with Gasteiger partial charge in [-0.05, 0) is 42.5 Å². The van der Waals surface area contributed by atoms with Crippen LogP contribution in [0, 0.1) is 0 Å². The fraction of sp³-hybridized carbons (Fsp3) is 0.0909. The van der Waals surface area contributed by atoms with Crippen molar-refractivity contribution in [1.82, 2.24) is 0 Å². The van der Waals surface area contributed by atoms with Crippen molar-refractivity contribution < 1.29 is 27.5 Å². The Kier molecular flexibility index (Phi) is 6.42. The number of nitrogens with one attached hydrogen (secondary N) is 1. The molecular weight excluding hydrogens is 419 g/mol. The SMILES string of the molecule is O=C(COc1ccc(C(=O)c2ccccc2)cc1)Nc1ccc(Cl)cc1C(F)(F)F. The van der Waals surface area contributed by atoms with Crippen molar-refractivity contribution in [2.45, 2.75) is 6.18 Å². The van der Waals surface area contributed by atoms with Gasteiger partial charge in [0, 0.05) is 16.1 Å². The number of ether oxygens (including phenoxy) is 1. The summed E-state index contributed by atoms with van der Waals surface area (Å²) in [4.78, 5) is 24.4. The first kappa shape index (κ1) is 21.4. The molecule has 1 amide bonds. The molecule has 4 nitrogen and oxygen atoms in total. The van der Waals surface area contributed by atoms with Crippen molar-refractivity contribution in [3.8, 4) is 5.75 Å². The fourth-order valence-electron chi connectivity index (χ4n) is 2.65. The van der Waals surface area contributed by atoms with E-state index in [1.165, 1.54) is 18.2 Å². The molecule has 0 radical (unpaired) electrons. The summed E-state index contributed by atoms with van der Waals surface area (Å²) in [7, 11) is 0. The van der Waals surface area contributed by atoms with Gasteiger partial charge in [0.1, 0.15) is 5.75 Å². The average Bonchev–Trinajstić information content (AvgIpc) is 2.73. The molecule has 1 N–H and O–H groups in total. The van der Waals surface area contributed by atoms with E-state index in [1.54, 1.807) is 42.5 Å². The normalized spacial score (nSPS) is 11.1. The van der Waals surface area contributed by atoms with E-state index in [0.29, 0.717) is 16.9 Å². The van der Waals surface area contributed by atoms with Gasteiger partial charge in [-0.15, -0.1) is 0 Å². The second-order valence-corrected chi connectivity index (χ2v) is 6.68. The van der Waals surface area contributed by atoms with Crippen molar-refractivity contribution >= 4 is 29.0 Å². The number of hydrogen-bond donors (Lipinski definition) is 1. The number of benzene rings is 3. The van der Waals surface area contributed by atoms with Crippen LogP contribution in [0.15, 0.2) is 72.8 Å². The van der Waals surface area contributed by atoms with Gasteiger partial charge in [-0.25, -0.2) is 0 Å². The molecule has 0 spiro atoms. The fourth-order valence-corrected chi connectivity index (χ4v) is 2.83. The van der Waals surface area contributed by atoms with Gasteiger partial charge in [-0.1, -0.05) is 41.9 Å². The van der Waals surface area contributed by atoms with Crippen LogP contribution in [0.2, 0.25) is 5.02 Å². The summed E-state index contributed by atoms with van der Waals surface area (Å²) in [5.41, 5.74) is -0.487. The van der Waals surface area contributed by atoms with Crippen molar-refractivity contribution in [1.29, 1.82) is 0 Å². The Morgan fingerprint density at radius 3 is 2.17 bits per heavy atom. The number of hydrogen-bond acceptors (Lipinski definition) is 3. The maximum absolute atomic E-state index is 13.1. The molecule has 0 aliphatic rings. The third-order valence-corrected chi connectivity index (χ3v) is 4.32. The molecule has 154 valence electrons. The van der Waals surface area contributed by atoms with Gasteiger partial charge in [0.25, 0.3) is 5.91 Å². The molecule has 0 saturated carbocycles. The van der Waals surface area contributed by atoms with E-state index < -0.39 is 29.9 Å². The largest absolute Gasteiger partial charge is 0.484 e. The van der Waals surface area contributed by atoms with Crippen molar-refractivity contribution in [2.24, 2.45) is 0 Å². The van der Waals surface area contributed by atoms with Crippen LogP contribution in [0.1, 0.15) is 21.5 Å². The van der Waals surface area contributed by atoms with Crippen LogP contribution < -0.4 is 10.1 Å². The third-order valence-electron chi connectivity index (χ3n) is 4.08. The van der Waals surface area contributed by atoms with E-state index in [-0.39, 0.29) is 10.8 Å². The lowest BCUT2D eigenvalue weighted by Crippen LogP contribution is -2.22. The van der Waals surface area contributed by atoms with E-state index >= 15 is 0 Å². The average molecular weight is 434 g/mol. The van der Waals surface area contributed by atoms with Crippen LogP contribution in [-0.2, 0) is 11.0 Å². The van der Waals surface area contributed by atoms with Crippen LogP contribution in [0.3, 0.4) is 0 Å². The highest BCUT2D eigenvalue weighted by molar-refractivity contribution is 6.30. The van der Waals surface area contributed by atoms with Gasteiger partial charge >= 0.3 is 6.18 Å². The quantitative estimate of drug-likeness (QED) is 0.514. The molecule has 0 fully saturated rings. The predicted molar refractivity (Wildman–Crippen MR) is 107 cm³/mol. The topological polar surface area (TPSA) is 55.4 Å². The summed E-state index contributed by atoms with van der Waals surface area (Å²) in [6.07, 6.45) is -4.67. The number of ketones is 1. The summed E-state index contributed by atoms with van der Waals surface area (Å²) in [6, 6.07) is 17.9. The first-order valence-corrected chi connectivity index (χ1v) is 9.11. The summed E-state index contributed by atoms with van der Waals surface area (Å²) in [5, 5.41) is 2.07. The Bertz CT molecular complexity index is 1050. The van der Waals surface area contributed by atoms with Gasteiger partial charge in [-0.2, -0.15) is 13.2 Å². The minimum absolute atomic E-state index is 0.0956. The van der Waals surface area contributed by atoms with Gasteiger partial charge in [0.15, 0.2) is 12.4 Å². The number of carbonyl (C=O) groups is 2. The maximum atomic E-state index is 13.1. The Labute approximate surface area is 175 Å². The molecule has 8 heteroatoms. The highest BCUT2D eigenvalue weighted by Gasteiger charge is 2.34. The third kappa shape index (κ3) is 5.39. The van der Waals surface area contributed by atoms with Gasteiger partial charge in [0.05, 0.1) is 11.3 Å². The molecule has 3 aromatic carbocycles. The number of halogens is 4. The molecule has 0 atom stereocenters. The summed E-state index contributed by atoms with van der Waals surface area (Å²) in [5.74, 6) is -0.642. The van der Waals surface area contributed by atoms with E-state index in [2.05, 4.69) is 5.32 Å². The number of alkyl halides is 3. The second kappa shape index (κ2) is 9.00. The van der Waals surface area contributed by atoms with E-state index in [9.17, 15) is 22.8 Å². The predicted octanol–water partition coefficient (Wildman–Crippen LogP) is 5.61. The molecule has 3 rings (SSSR count). The molecule has 0 aliphatic carbocycles. The molecule has 0 unspecified atom stereocenters. The molecular formula is C22H15ClF3NO3. The van der Waals surface area contributed by atoms with Crippen LogP contribution in [-0.4, -0.2) is 18.3 Å². The lowest BCUT2D eigenvalue weighted by molar-refractivity contribution is -0.137. The van der Waals surface area contributed by atoms with Crippen LogP contribution in [0.4, 0.5) is 18.9 Å². The van der Waals surface area contributed by atoms with Crippen LogP contribution in [0.25, 0.3) is 0 Å². The lowest BCUT2D eigenvalue weighted by Gasteiger charge is -2.14. The molecule has 0 aliphatic heterocycles. The Hall–Kier alpha value is -3.32. The number of carbonyl (C=O) groups excluding carboxylic acids is 2. The molecule has 30 heavy (non-hydrogen) atoms. The zero-order valence-electron chi connectivity index (χ0n) is 15.4. The highest BCUT2D eigenvalue weighted by atomic mass is 35.5. The highest BCUT2D eigenvalue weighted by Crippen LogP contribution is 2.36. The Morgan fingerprint density at radius 1 is 0.900 bits per heavy atom. The van der Waals surface area contributed by atoms with Crippen molar-refractivity contribution in [3.63, 3.8) is 0 Å². The monoisotopic (exact) mass is 433 g/mol. The van der Waals surface area contributed by atoms with Gasteiger partial charge in [0.2, 0.25) is 0 Å². The lowest BCUT2D eigenvalue weighted by atomic mass is 10.0. The summed E-state index contributed by atoms with van der Waals surface area (Å²) >= 11 is 5.61. The minimum atomic E-state index is -4.67. The molecule has 0 bridgehead atoms. The first-order valence-electron chi connectivity index (χ1n) is 8.73. The van der Waals surface area contributed by atoms with E-state index in [1.807, 2.05) is 0 Å².